The SMILES string of the molecule is Cc1nsc(-c2ccc(Br)cc2)c1NC(=O)N(C)C1CCCC1. The molecule has 2 aromatic rings. The van der Waals surface area contributed by atoms with E-state index in [0.29, 0.717) is 6.04 Å². The normalized spacial score (nSPS) is 14.9. The number of anilines is 1. The van der Waals surface area contributed by atoms with Gasteiger partial charge in [0.25, 0.3) is 0 Å². The Morgan fingerprint density at radius 3 is 2.61 bits per heavy atom. The summed E-state index contributed by atoms with van der Waals surface area (Å²) in [6.45, 7) is 1.93. The summed E-state index contributed by atoms with van der Waals surface area (Å²) in [6, 6.07) is 8.39. The van der Waals surface area contributed by atoms with E-state index in [1.165, 1.54) is 24.4 Å². The van der Waals surface area contributed by atoms with Gasteiger partial charge in [-0.3, -0.25) is 0 Å². The number of hydrogen-bond donors (Lipinski definition) is 1. The zero-order chi connectivity index (χ0) is 16.4. The molecule has 1 aromatic carbocycles. The Hall–Kier alpha value is -1.40. The molecular formula is C17H20BrN3OS. The van der Waals surface area contributed by atoms with Crippen molar-refractivity contribution in [1.82, 2.24) is 9.27 Å². The molecule has 0 spiro atoms. The minimum absolute atomic E-state index is 0.0430. The summed E-state index contributed by atoms with van der Waals surface area (Å²) in [4.78, 5) is 15.4. The Balaban J connectivity index is 1.81. The molecule has 2 amide bonds. The zero-order valence-electron chi connectivity index (χ0n) is 13.3. The Morgan fingerprint density at radius 2 is 1.96 bits per heavy atom. The number of nitrogens with one attached hydrogen (secondary N) is 1. The molecule has 0 unspecified atom stereocenters. The van der Waals surface area contributed by atoms with E-state index in [2.05, 4.69) is 25.6 Å². The van der Waals surface area contributed by atoms with Crippen LogP contribution in [0.1, 0.15) is 31.4 Å². The molecule has 4 nitrogen and oxygen atoms in total. The van der Waals surface area contributed by atoms with E-state index in [9.17, 15) is 4.79 Å². The number of aryl methyl sites for hydroxylation is 1. The van der Waals surface area contributed by atoms with Gasteiger partial charge in [0.05, 0.1) is 16.3 Å². The Labute approximate surface area is 149 Å². The fourth-order valence-electron chi connectivity index (χ4n) is 2.97. The number of benzene rings is 1. The topological polar surface area (TPSA) is 45.2 Å². The summed E-state index contributed by atoms with van der Waals surface area (Å²) < 4.78 is 5.46. The largest absolute Gasteiger partial charge is 0.325 e. The lowest BCUT2D eigenvalue weighted by Gasteiger charge is -2.24. The zero-order valence-corrected chi connectivity index (χ0v) is 15.7. The van der Waals surface area contributed by atoms with Crippen molar-refractivity contribution in [2.45, 2.75) is 38.6 Å². The Kier molecular flexibility index (Phi) is 5.02. The summed E-state index contributed by atoms with van der Waals surface area (Å²) in [5, 5.41) is 3.07. The molecule has 1 aliphatic carbocycles. The van der Waals surface area contributed by atoms with E-state index in [0.717, 1.165) is 39.1 Å². The van der Waals surface area contributed by atoms with Crippen molar-refractivity contribution in [2.24, 2.45) is 0 Å². The fourth-order valence-corrected chi connectivity index (χ4v) is 4.08. The molecule has 23 heavy (non-hydrogen) atoms. The van der Waals surface area contributed by atoms with Crippen molar-refractivity contribution in [2.75, 3.05) is 12.4 Å². The number of carbonyl (C=O) groups excluding carboxylic acids is 1. The molecule has 0 aliphatic heterocycles. The molecule has 122 valence electrons. The number of carbonyl (C=O) groups is 1. The van der Waals surface area contributed by atoms with Gasteiger partial charge in [0, 0.05) is 17.6 Å². The lowest BCUT2D eigenvalue weighted by atomic mass is 10.1. The summed E-state index contributed by atoms with van der Waals surface area (Å²) in [6.07, 6.45) is 4.63. The lowest BCUT2D eigenvalue weighted by molar-refractivity contribution is 0.205. The molecule has 6 heteroatoms. The van der Waals surface area contributed by atoms with Crippen molar-refractivity contribution in [3.63, 3.8) is 0 Å². The third-order valence-electron chi connectivity index (χ3n) is 4.39. The third kappa shape index (κ3) is 3.58. The Morgan fingerprint density at radius 1 is 1.30 bits per heavy atom. The first kappa shape index (κ1) is 16.5. The van der Waals surface area contributed by atoms with Gasteiger partial charge in [0.2, 0.25) is 0 Å². The van der Waals surface area contributed by atoms with Crippen molar-refractivity contribution in [3.05, 3.63) is 34.4 Å². The molecule has 1 aromatic heterocycles. The molecule has 1 saturated carbocycles. The van der Waals surface area contributed by atoms with Crippen LogP contribution in [0.5, 0.6) is 0 Å². The average molecular weight is 394 g/mol. The van der Waals surface area contributed by atoms with E-state index in [4.69, 9.17) is 0 Å². The molecule has 1 aliphatic rings. The van der Waals surface area contributed by atoms with Gasteiger partial charge in [-0.15, -0.1) is 0 Å². The van der Waals surface area contributed by atoms with Gasteiger partial charge >= 0.3 is 6.03 Å². The number of aromatic nitrogens is 1. The van der Waals surface area contributed by atoms with Gasteiger partial charge in [-0.25, -0.2) is 4.79 Å². The monoisotopic (exact) mass is 393 g/mol. The van der Waals surface area contributed by atoms with Gasteiger partial charge in [-0.05, 0) is 49.0 Å². The third-order valence-corrected chi connectivity index (χ3v) is 5.91. The van der Waals surface area contributed by atoms with E-state index in [1.54, 1.807) is 0 Å². The standard InChI is InChI=1S/C17H20BrN3OS/c1-11-15(19-17(22)21(2)14-5-3-4-6-14)16(23-20-11)12-7-9-13(18)10-8-12/h7-10,14H,3-6H2,1-2H3,(H,19,22). The van der Waals surface area contributed by atoms with Gasteiger partial charge in [-0.2, -0.15) is 4.37 Å². The van der Waals surface area contributed by atoms with Crippen LogP contribution in [0.15, 0.2) is 28.7 Å². The van der Waals surface area contributed by atoms with Crippen LogP contribution in [0.4, 0.5) is 10.5 Å². The van der Waals surface area contributed by atoms with Crippen LogP contribution in [-0.4, -0.2) is 28.4 Å². The highest BCUT2D eigenvalue weighted by atomic mass is 79.9. The minimum Gasteiger partial charge on any atom is -0.325 e. The van der Waals surface area contributed by atoms with Crippen LogP contribution >= 0.6 is 27.5 Å². The first-order valence-electron chi connectivity index (χ1n) is 7.82. The first-order chi connectivity index (χ1) is 11.1. The Bertz CT molecular complexity index is 692. The van der Waals surface area contributed by atoms with E-state index in [-0.39, 0.29) is 6.03 Å². The van der Waals surface area contributed by atoms with Crippen LogP contribution < -0.4 is 5.32 Å². The summed E-state index contributed by atoms with van der Waals surface area (Å²) in [5.41, 5.74) is 2.76. The quantitative estimate of drug-likeness (QED) is 0.769. The minimum atomic E-state index is -0.0430. The van der Waals surface area contributed by atoms with Gasteiger partial charge in [0.1, 0.15) is 0 Å². The van der Waals surface area contributed by atoms with Gasteiger partial charge in [0.15, 0.2) is 0 Å². The van der Waals surface area contributed by atoms with Gasteiger partial charge in [-0.1, -0.05) is 40.9 Å². The molecular weight excluding hydrogens is 374 g/mol. The molecule has 1 fully saturated rings. The number of amides is 2. The van der Waals surface area contributed by atoms with Crippen molar-refractivity contribution in [1.29, 1.82) is 0 Å². The summed E-state index contributed by atoms with van der Waals surface area (Å²) >= 11 is 4.87. The molecule has 1 N–H and O–H groups in total. The number of rotatable bonds is 3. The number of urea groups is 1. The van der Waals surface area contributed by atoms with Crippen molar-refractivity contribution >= 4 is 39.2 Å². The predicted octanol–water partition coefficient (Wildman–Crippen LogP) is 5.29. The number of hydrogen-bond acceptors (Lipinski definition) is 3. The number of halogens is 1. The van der Waals surface area contributed by atoms with E-state index < -0.39 is 0 Å². The van der Waals surface area contributed by atoms with Crippen LogP contribution in [0.2, 0.25) is 0 Å². The fraction of sp³-hybridized carbons (Fsp3) is 0.412. The lowest BCUT2D eigenvalue weighted by Crippen LogP contribution is -2.38. The van der Waals surface area contributed by atoms with Crippen molar-refractivity contribution < 1.29 is 4.79 Å². The molecule has 0 saturated heterocycles. The smallest absolute Gasteiger partial charge is 0.321 e. The first-order valence-corrected chi connectivity index (χ1v) is 9.39. The molecule has 0 bridgehead atoms. The maximum absolute atomic E-state index is 12.6. The number of nitrogens with zero attached hydrogens (tertiary/aromatic N) is 2. The molecule has 0 radical (unpaired) electrons. The molecule has 1 heterocycles. The molecule has 3 rings (SSSR count). The van der Waals surface area contributed by atoms with Crippen LogP contribution in [-0.2, 0) is 0 Å². The maximum atomic E-state index is 12.6. The molecule has 0 atom stereocenters. The van der Waals surface area contributed by atoms with Gasteiger partial charge < -0.3 is 10.2 Å². The highest BCUT2D eigenvalue weighted by molar-refractivity contribution is 9.10. The second-order valence-electron chi connectivity index (χ2n) is 5.96. The van der Waals surface area contributed by atoms with Crippen LogP contribution in [0.25, 0.3) is 10.4 Å². The summed E-state index contributed by atoms with van der Waals surface area (Å²) in [5.74, 6) is 0. The second-order valence-corrected chi connectivity index (χ2v) is 7.65. The highest BCUT2D eigenvalue weighted by Gasteiger charge is 2.25. The highest BCUT2D eigenvalue weighted by Crippen LogP contribution is 2.35. The maximum Gasteiger partial charge on any atom is 0.321 e. The van der Waals surface area contributed by atoms with Crippen LogP contribution in [0, 0.1) is 6.92 Å². The summed E-state index contributed by atoms with van der Waals surface area (Å²) in [7, 11) is 1.89. The predicted molar refractivity (Wildman–Crippen MR) is 99.0 cm³/mol. The van der Waals surface area contributed by atoms with Crippen LogP contribution in [0.3, 0.4) is 0 Å². The van der Waals surface area contributed by atoms with Crippen molar-refractivity contribution in [3.8, 4) is 10.4 Å². The second kappa shape index (κ2) is 7.01. The average Bonchev–Trinajstić information content (AvgIpc) is 3.19. The van der Waals surface area contributed by atoms with E-state index >= 15 is 0 Å². The van der Waals surface area contributed by atoms with E-state index in [1.807, 2.05) is 43.1 Å².